The number of ether oxygens (including phenoxy) is 1. The fraction of sp³-hybridized carbons (Fsp3) is 0.333. The van der Waals surface area contributed by atoms with Gasteiger partial charge < -0.3 is 10.1 Å². The number of nitrogens with zero attached hydrogens (tertiary/aromatic N) is 4. The highest BCUT2D eigenvalue weighted by atomic mass is 32.2. The fourth-order valence-electron chi connectivity index (χ4n) is 2.64. The molecular weight excluding hydrogens is 350 g/mol. The second kappa shape index (κ2) is 8.18. The number of hydrogen-bond donors (Lipinski definition) is 1. The maximum atomic E-state index is 12.1. The van der Waals surface area contributed by atoms with Crippen LogP contribution in [-0.4, -0.2) is 44.9 Å². The lowest BCUT2D eigenvalue weighted by atomic mass is 10.1. The lowest BCUT2D eigenvalue weighted by Crippen LogP contribution is -2.27. The van der Waals surface area contributed by atoms with Crippen LogP contribution in [-0.2, 0) is 11.2 Å². The van der Waals surface area contributed by atoms with Gasteiger partial charge in [0.25, 0.3) is 5.78 Å². The van der Waals surface area contributed by atoms with Crippen LogP contribution < -0.4 is 10.1 Å². The number of para-hydroxylation sites is 1. The molecule has 0 radical (unpaired) electrons. The molecule has 0 aliphatic rings. The Kier molecular flexibility index (Phi) is 5.72. The van der Waals surface area contributed by atoms with Gasteiger partial charge in [0.15, 0.2) is 0 Å². The number of benzene rings is 1. The van der Waals surface area contributed by atoms with Crippen molar-refractivity contribution in [2.75, 3.05) is 19.4 Å². The first-order valence-electron chi connectivity index (χ1n) is 8.29. The second-order valence-corrected chi connectivity index (χ2v) is 6.79. The largest absolute Gasteiger partial charge is 0.496 e. The first-order valence-corrected chi connectivity index (χ1v) is 9.28. The number of aryl methyl sites for hydroxylation is 2. The van der Waals surface area contributed by atoms with E-state index in [4.69, 9.17) is 4.74 Å². The van der Waals surface area contributed by atoms with E-state index in [9.17, 15) is 4.79 Å². The normalized spacial score (nSPS) is 10.9. The lowest BCUT2D eigenvalue weighted by Gasteiger charge is -2.08. The molecule has 8 heteroatoms. The predicted molar refractivity (Wildman–Crippen MR) is 101 cm³/mol. The van der Waals surface area contributed by atoms with E-state index < -0.39 is 0 Å². The zero-order valence-electron chi connectivity index (χ0n) is 15.0. The summed E-state index contributed by atoms with van der Waals surface area (Å²) in [5, 5.41) is 7.85. The van der Waals surface area contributed by atoms with Crippen molar-refractivity contribution >= 4 is 23.4 Å². The van der Waals surface area contributed by atoms with Crippen LogP contribution in [0.5, 0.6) is 5.75 Å². The summed E-state index contributed by atoms with van der Waals surface area (Å²) < 4.78 is 7.00. The first kappa shape index (κ1) is 18.2. The van der Waals surface area contributed by atoms with Crippen molar-refractivity contribution in [3.8, 4) is 5.75 Å². The van der Waals surface area contributed by atoms with Crippen LogP contribution in [0.4, 0.5) is 0 Å². The van der Waals surface area contributed by atoms with Crippen LogP contribution in [0, 0.1) is 13.8 Å². The molecule has 136 valence electrons. The molecule has 3 rings (SSSR count). The quantitative estimate of drug-likeness (QED) is 0.641. The summed E-state index contributed by atoms with van der Waals surface area (Å²) in [5.74, 6) is 1.61. The molecule has 0 spiro atoms. The van der Waals surface area contributed by atoms with E-state index in [0.29, 0.717) is 17.5 Å². The summed E-state index contributed by atoms with van der Waals surface area (Å²) in [6, 6.07) is 9.75. The van der Waals surface area contributed by atoms with Crippen molar-refractivity contribution in [1.82, 2.24) is 24.9 Å². The number of carbonyl (C=O) groups excluding carboxylic acids is 1. The standard InChI is InChI=1S/C18H21N5O2S/c1-12-10-13(2)23-17(20-12)21-18(22-23)26-11-16(24)19-9-8-14-6-4-5-7-15(14)25-3/h4-7,10H,8-9,11H2,1-3H3,(H,19,24). The Morgan fingerprint density at radius 2 is 2.08 bits per heavy atom. The third kappa shape index (κ3) is 4.32. The summed E-state index contributed by atoms with van der Waals surface area (Å²) in [5.41, 5.74) is 2.93. The highest BCUT2D eigenvalue weighted by Gasteiger charge is 2.10. The molecule has 1 aromatic carbocycles. The Hall–Kier alpha value is -2.61. The Morgan fingerprint density at radius 1 is 1.27 bits per heavy atom. The van der Waals surface area contributed by atoms with Gasteiger partial charge in [-0.05, 0) is 38.0 Å². The third-order valence-electron chi connectivity index (χ3n) is 3.84. The van der Waals surface area contributed by atoms with Crippen LogP contribution >= 0.6 is 11.8 Å². The Morgan fingerprint density at radius 3 is 2.88 bits per heavy atom. The van der Waals surface area contributed by atoms with Crippen molar-refractivity contribution in [2.24, 2.45) is 0 Å². The number of fused-ring (bicyclic) bond motifs is 1. The number of nitrogens with one attached hydrogen (secondary N) is 1. The van der Waals surface area contributed by atoms with Gasteiger partial charge in [-0.2, -0.15) is 4.98 Å². The monoisotopic (exact) mass is 371 g/mol. The van der Waals surface area contributed by atoms with Gasteiger partial charge in [-0.3, -0.25) is 4.79 Å². The van der Waals surface area contributed by atoms with Gasteiger partial charge in [-0.25, -0.2) is 9.50 Å². The number of amides is 1. The van der Waals surface area contributed by atoms with Gasteiger partial charge in [0.05, 0.1) is 12.9 Å². The maximum absolute atomic E-state index is 12.1. The molecule has 1 amide bonds. The molecule has 0 saturated heterocycles. The average Bonchev–Trinajstić information content (AvgIpc) is 3.03. The number of hydrogen-bond acceptors (Lipinski definition) is 6. The van der Waals surface area contributed by atoms with Gasteiger partial charge in [0, 0.05) is 17.9 Å². The highest BCUT2D eigenvalue weighted by Crippen LogP contribution is 2.17. The van der Waals surface area contributed by atoms with Gasteiger partial charge >= 0.3 is 0 Å². The summed E-state index contributed by atoms with van der Waals surface area (Å²) in [7, 11) is 1.65. The molecule has 0 saturated carbocycles. The van der Waals surface area contributed by atoms with E-state index in [2.05, 4.69) is 20.4 Å². The SMILES string of the molecule is COc1ccccc1CCNC(=O)CSc1nc2nc(C)cc(C)n2n1. The van der Waals surface area contributed by atoms with Gasteiger partial charge in [-0.1, -0.05) is 30.0 Å². The molecule has 1 N–H and O–H groups in total. The van der Waals surface area contributed by atoms with E-state index in [1.807, 2.05) is 44.2 Å². The molecule has 0 fully saturated rings. The number of methoxy groups -OCH3 is 1. The number of rotatable bonds is 7. The van der Waals surface area contributed by atoms with E-state index in [1.54, 1.807) is 11.6 Å². The summed E-state index contributed by atoms with van der Waals surface area (Å²) in [6.07, 6.45) is 0.718. The molecule has 7 nitrogen and oxygen atoms in total. The minimum absolute atomic E-state index is 0.0513. The number of carbonyl (C=O) groups is 1. The van der Waals surface area contributed by atoms with E-state index in [-0.39, 0.29) is 11.7 Å². The third-order valence-corrected chi connectivity index (χ3v) is 4.68. The van der Waals surface area contributed by atoms with Crippen LogP contribution in [0.3, 0.4) is 0 Å². The molecule has 0 bridgehead atoms. The molecule has 3 aromatic rings. The Labute approximate surface area is 156 Å². The summed E-state index contributed by atoms with van der Waals surface area (Å²) in [6.45, 7) is 4.43. The van der Waals surface area contributed by atoms with Gasteiger partial charge in [-0.15, -0.1) is 5.10 Å². The second-order valence-electron chi connectivity index (χ2n) is 5.85. The van der Waals surface area contributed by atoms with Crippen molar-refractivity contribution < 1.29 is 9.53 Å². The predicted octanol–water partition coefficient (Wildman–Crippen LogP) is 2.20. The minimum Gasteiger partial charge on any atom is -0.496 e. The van der Waals surface area contributed by atoms with Crippen molar-refractivity contribution in [3.63, 3.8) is 0 Å². The maximum Gasteiger partial charge on any atom is 0.253 e. The average molecular weight is 371 g/mol. The van der Waals surface area contributed by atoms with E-state index in [0.717, 1.165) is 29.1 Å². The first-order chi connectivity index (χ1) is 12.6. The molecule has 2 aromatic heterocycles. The van der Waals surface area contributed by atoms with Crippen LogP contribution in [0.15, 0.2) is 35.5 Å². The molecule has 0 aliphatic carbocycles. The summed E-state index contributed by atoms with van der Waals surface area (Å²) in [4.78, 5) is 20.8. The minimum atomic E-state index is -0.0513. The van der Waals surface area contributed by atoms with Crippen LogP contribution in [0.2, 0.25) is 0 Å². The van der Waals surface area contributed by atoms with E-state index >= 15 is 0 Å². The molecule has 26 heavy (non-hydrogen) atoms. The molecule has 0 aliphatic heterocycles. The fourth-order valence-corrected chi connectivity index (χ4v) is 3.28. The Balaban J connectivity index is 1.50. The summed E-state index contributed by atoms with van der Waals surface area (Å²) >= 11 is 1.30. The smallest absolute Gasteiger partial charge is 0.253 e. The van der Waals surface area contributed by atoms with Gasteiger partial charge in [0.1, 0.15) is 5.75 Å². The zero-order chi connectivity index (χ0) is 18.5. The van der Waals surface area contributed by atoms with Crippen molar-refractivity contribution in [2.45, 2.75) is 25.4 Å². The number of aromatic nitrogens is 4. The van der Waals surface area contributed by atoms with Crippen LogP contribution in [0.1, 0.15) is 17.0 Å². The van der Waals surface area contributed by atoms with Crippen LogP contribution in [0.25, 0.3) is 5.78 Å². The van der Waals surface area contributed by atoms with Gasteiger partial charge in [0.2, 0.25) is 11.1 Å². The topological polar surface area (TPSA) is 81.4 Å². The molecule has 0 atom stereocenters. The zero-order valence-corrected chi connectivity index (χ0v) is 15.8. The molecular formula is C18H21N5O2S. The van der Waals surface area contributed by atoms with Crippen molar-refractivity contribution in [3.05, 3.63) is 47.3 Å². The lowest BCUT2D eigenvalue weighted by molar-refractivity contribution is -0.118. The molecule has 0 unspecified atom stereocenters. The molecule has 2 heterocycles. The Bertz CT molecular complexity index is 925. The van der Waals surface area contributed by atoms with Crippen molar-refractivity contribution in [1.29, 1.82) is 0 Å². The van der Waals surface area contributed by atoms with E-state index in [1.165, 1.54) is 11.8 Å². The number of thioether (sulfide) groups is 1. The highest BCUT2D eigenvalue weighted by molar-refractivity contribution is 7.99.